The first-order valence-corrected chi connectivity index (χ1v) is 7.83. The van der Waals surface area contributed by atoms with Crippen molar-refractivity contribution in [2.75, 3.05) is 18.4 Å². The monoisotopic (exact) mass is 339 g/mol. The van der Waals surface area contributed by atoms with Gasteiger partial charge in [-0.15, -0.1) is 0 Å². The SMILES string of the molecule is CCCNS(=O)(=O)c1ccc(NC(=O)NCC(F)(F)F)cc1. The standard InChI is InChI=1S/C12H16F3N3O3S/c1-2-7-17-22(20,21)10-5-3-9(4-6-10)18-11(19)16-8-12(13,14)15/h3-6,17H,2,7-8H2,1H3,(H2,16,18,19). The van der Waals surface area contributed by atoms with Crippen LogP contribution in [0.15, 0.2) is 29.2 Å². The molecule has 0 aliphatic rings. The minimum Gasteiger partial charge on any atom is -0.329 e. The van der Waals surface area contributed by atoms with Gasteiger partial charge in [-0.3, -0.25) is 0 Å². The van der Waals surface area contributed by atoms with Gasteiger partial charge in [-0.05, 0) is 30.7 Å². The molecule has 0 saturated carbocycles. The Balaban J connectivity index is 2.64. The summed E-state index contributed by atoms with van der Waals surface area (Å²) in [6.07, 6.45) is -3.86. The van der Waals surface area contributed by atoms with E-state index in [0.29, 0.717) is 13.0 Å². The molecular formula is C12H16F3N3O3S. The Morgan fingerprint density at radius 3 is 2.27 bits per heavy atom. The summed E-state index contributed by atoms with van der Waals surface area (Å²) in [4.78, 5) is 11.2. The van der Waals surface area contributed by atoms with Crippen LogP contribution in [0.5, 0.6) is 0 Å². The highest BCUT2D eigenvalue weighted by atomic mass is 32.2. The van der Waals surface area contributed by atoms with Crippen LogP contribution in [0.25, 0.3) is 0 Å². The number of rotatable bonds is 6. The quantitative estimate of drug-likeness (QED) is 0.741. The molecule has 2 amide bonds. The summed E-state index contributed by atoms with van der Waals surface area (Å²) in [5.41, 5.74) is 0.175. The van der Waals surface area contributed by atoms with E-state index in [-0.39, 0.29) is 10.6 Å². The minimum absolute atomic E-state index is 0.00204. The molecule has 3 N–H and O–H groups in total. The molecule has 0 saturated heterocycles. The number of nitrogens with one attached hydrogen (secondary N) is 3. The zero-order valence-corrected chi connectivity index (χ0v) is 12.5. The molecular weight excluding hydrogens is 323 g/mol. The molecule has 0 fully saturated rings. The number of sulfonamides is 1. The molecule has 1 aromatic carbocycles. The van der Waals surface area contributed by atoms with Gasteiger partial charge in [0.1, 0.15) is 6.54 Å². The van der Waals surface area contributed by atoms with Crippen LogP contribution in [-0.2, 0) is 10.0 Å². The molecule has 0 bridgehead atoms. The van der Waals surface area contributed by atoms with Gasteiger partial charge in [0.05, 0.1) is 4.90 Å². The van der Waals surface area contributed by atoms with Gasteiger partial charge in [0, 0.05) is 12.2 Å². The average Bonchev–Trinajstić information content (AvgIpc) is 2.43. The smallest absolute Gasteiger partial charge is 0.329 e. The fourth-order valence-electron chi connectivity index (χ4n) is 1.39. The Kier molecular flexibility index (Phi) is 6.18. The molecule has 1 rings (SSSR count). The number of hydrogen-bond acceptors (Lipinski definition) is 3. The molecule has 0 unspecified atom stereocenters. The number of carbonyl (C=O) groups excluding carboxylic acids is 1. The van der Waals surface area contributed by atoms with Gasteiger partial charge in [-0.1, -0.05) is 6.92 Å². The number of carbonyl (C=O) groups is 1. The van der Waals surface area contributed by atoms with E-state index >= 15 is 0 Å². The minimum atomic E-state index is -4.50. The molecule has 6 nitrogen and oxygen atoms in total. The van der Waals surface area contributed by atoms with E-state index in [9.17, 15) is 26.4 Å². The third kappa shape index (κ3) is 6.31. The summed E-state index contributed by atoms with van der Waals surface area (Å²) in [5.74, 6) is 0. The number of benzene rings is 1. The van der Waals surface area contributed by atoms with E-state index in [1.807, 2.05) is 6.92 Å². The summed E-state index contributed by atoms with van der Waals surface area (Å²) in [7, 11) is -3.62. The van der Waals surface area contributed by atoms with E-state index < -0.39 is 28.8 Å². The average molecular weight is 339 g/mol. The first-order chi connectivity index (χ1) is 10.1. The summed E-state index contributed by atoms with van der Waals surface area (Å²) >= 11 is 0. The zero-order valence-electron chi connectivity index (χ0n) is 11.7. The lowest BCUT2D eigenvalue weighted by atomic mass is 10.3. The molecule has 0 heterocycles. The van der Waals surface area contributed by atoms with Crippen molar-refractivity contribution in [3.05, 3.63) is 24.3 Å². The summed E-state index contributed by atoms with van der Waals surface area (Å²) in [6, 6.07) is 4.04. The summed E-state index contributed by atoms with van der Waals surface area (Å²) in [5, 5.41) is 3.81. The fraction of sp³-hybridized carbons (Fsp3) is 0.417. The zero-order chi connectivity index (χ0) is 16.8. The molecule has 0 aliphatic heterocycles. The van der Waals surface area contributed by atoms with E-state index in [2.05, 4.69) is 10.0 Å². The largest absolute Gasteiger partial charge is 0.405 e. The number of halogens is 3. The number of hydrogen-bond donors (Lipinski definition) is 3. The highest BCUT2D eigenvalue weighted by Gasteiger charge is 2.27. The van der Waals surface area contributed by atoms with E-state index in [0.717, 1.165) is 0 Å². The maximum Gasteiger partial charge on any atom is 0.405 e. The normalized spacial score (nSPS) is 12.0. The van der Waals surface area contributed by atoms with Crippen molar-refractivity contribution in [1.29, 1.82) is 0 Å². The molecule has 0 spiro atoms. The molecule has 0 aromatic heterocycles. The van der Waals surface area contributed by atoms with Crippen LogP contribution in [0.3, 0.4) is 0 Å². The maximum atomic E-state index is 11.9. The van der Waals surface area contributed by atoms with E-state index in [1.54, 1.807) is 5.32 Å². The predicted octanol–water partition coefficient (Wildman–Crippen LogP) is 2.06. The summed E-state index contributed by atoms with van der Waals surface area (Å²) < 4.78 is 61.7. The van der Waals surface area contributed by atoms with Gasteiger partial charge < -0.3 is 10.6 Å². The van der Waals surface area contributed by atoms with Crippen molar-refractivity contribution in [2.45, 2.75) is 24.4 Å². The Morgan fingerprint density at radius 1 is 1.18 bits per heavy atom. The second-order valence-electron chi connectivity index (χ2n) is 4.35. The van der Waals surface area contributed by atoms with E-state index in [1.165, 1.54) is 24.3 Å². The lowest BCUT2D eigenvalue weighted by Crippen LogP contribution is -2.36. The van der Waals surface area contributed by atoms with Crippen LogP contribution in [-0.4, -0.2) is 33.7 Å². The van der Waals surface area contributed by atoms with Gasteiger partial charge in [0.15, 0.2) is 0 Å². The Bertz CT molecular complexity index is 600. The molecule has 0 atom stereocenters. The summed E-state index contributed by atoms with van der Waals surface area (Å²) in [6.45, 7) is 0.656. The van der Waals surface area contributed by atoms with Crippen LogP contribution in [0.2, 0.25) is 0 Å². The van der Waals surface area contributed by atoms with Gasteiger partial charge in [0.2, 0.25) is 10.0 Å². The second-order valence-corrected chi connectivity index (χ2v) is 6.11. The van der Waals surface area contributed by atoms with Crippen LogP contribution in [0.1, 0.15) is 13.3 Å². The first-order valence-electron chi connectivity index (χ1n) is 6.35. The molecule has 0 radical (unpaired) electrons. The Morgan fingerprint density at radius 2 is 1.77 bits per heavy atom. The number of anilines is 1. The van der Waals surface area contributed by atoms with Gasteiger partial charge in [-0.25, -0.2) is 17.9 Å². The highest BCUT2D eigenvalue weighted by Crippen LogP contribution is 2.15. The molecule has 0 aliphatic carbocycles. The molecule has 22 heavy (non-hydrogen) atoms. The number of amides is 2. The Labute approximate surface area is 126 Å². The molecule has 124 valence electrons. The maximum absolute atomic E-state index is 11.9. The third-order valence-corrected chi connectivity index (χ3v) is 3.89. The van der Waals surface area contributed by atoms with E-state index in [4.69, 9.17) is 0 Å². The van der Waals surface area contributed by atoms with Crippen molar-refractivity contribution in [3.8, 4) is 0 Å². The second kappa shape index (κ2) is 7.45. The Hall–Kier alpha value is -1.81. The third-order valence-electron chi connectivity index (χ3n) is 2.41. The first kappa shape index (κ1) is 18.2. The van der Waals surface area contributed by atoms with Gasteiger partial charge in [-0.2, -0.15) is 13.2 Å². The highest BCUT2D eigenvalue weighted by molar-refractivity contribution is 7.89. The van der Waals surface area contributed by atoms with Crippen LogP contribution in [0.4, 0.5) is 23.7 Å². The molecule has 10 heteroatoms. The van der Waals surface area contributed by atoms with Gasteiger partial charge in [0.25, 0.3) is 0 Å². The topological polar surface area (TPSA) is 87.3 Å². The van der Waals surface area contributed by atoms with Crippen LogP contribution < -0.4 is 15.4 Å². The van der Waals surface area contributed by atoms with Crippen LogP contribution in [0, 0.1) is 0 Å². The van der Waals surface area contributed by atoms with Crippen molar-refractivity contribution in [2.24, 2.45) is 0 Å². The van der Waals surface area contributed by atoms with Crippen molar-refractivity contribution in [3.63, 3.8) is 0 Å². The number of urea groups is 1. The van der Waals surface area contributed by atoms with Gasteiger partial charge >= 0.3 is 12.2 Å². The fourth-order valence-corrected chi connectivity index (χ4v) is 2.53. The van der Waals surface area contributed by atoms with Crippen molar-refractivity contribution >= 4 is 21.7 Å². The van der Waals surface area contributed by atoms with Crippen LogP contribution >= 0.6 is 0 Å². The molecule has 1 aromatic rings. The predicted molar refractivity (Wildman–Crippen MR) is 75.0 cm³/mol. The van der Waals surface area contributed by atoms with Crippen molar-refractivity contribution < 1.29 is 26.4 Å². The number of alkyl halides is 3. The lowest BCUT2D eigenvalue weighted by Gasteiger charge is -2.10. The lowest BCUT2D eigenvalue weighted by molar-refractivity contribution is -0.122. The van der Waals surface area contributed by atoms with Crippen molar-refractivity contribution in [1.82, 2.24) is 10.0 Å².